The van der Waals surface area contributed by atoms with Crippen molar-refractivity contribution in [3.63, 3.8) is 0 Å². The minimum atomic E-state index is -1.19. The largest absolute Gasteiger partial charge is 0.475 e. The van der Waals surface area contributed by atoms with Gasteiger partial charge >= 0.3 is 5.97 Å². The van der Waals surface area contributed by atoms with Gasteiger partial charge < -0.3 is 9.63 Å². The van der Waals surface area contributed by atoms with Gasteiger partial charge in [0.15, 0.2) is 0 Å². The van der Waals surface area contributed by atoms with E-state index in [-0.39, 0.29) is 5.82 Å². The number of carboxylic acid groups (broad SMARTS) is 1. The Morgan fingerprint density at radius 2 is 2.25 bits per heavy atom. The minimum Gasteiger partial charge on any atom is -0.475 e. The first kappa shape index (κ1) is 10.3. The molecule has 0 aliphatic carbocycles. The van der Waals surface area contributed by atoms with E-state index in [9.17, 15) is 4.79 Å². The first-order valence-electron chi connectivity index (χ1n) is 4.71. The third kappa shape index (κ3) is 2.41. The van der Waals surface area contributed by atoms with Gasteiger partial charge in [-0.1, -0.05) is 6.07 Å². The molecular formula is C10H9N3O3. The van der Waals surface area contributed by atoms with Gasteiger partial charge in [-0.2, -0.15) is 4.98 Å². The fourth-order valence-corrected chi connectivity index (χ4v) is 1.22. The molecule has 0 radical (unpaired) electrons. The molecule has 2 heterocycles. The van der Waals surface area contributed by atoms with E-state index in [4.69, 9.17) is 9.63 Å². The van der Waals surface area contributed by atoms with Gasteiger partial charge in [-0.3, -0.25) is 4.98 Å². The Balaban J connectivity index is 1.97. The molecule has 0 bridgehead atoms. The molecule has 0 fully saturated rings. The molecule has 2 aromatic rings. The summed E-state index contributed by atoms with van der Waals surface area (Å²) >= 11 is 0. The van der Waals surface area contributed by atoms with E-state index in [1.54, 1.807) is 6.20 Å². The fourth-order valence-electron chi connectivity index (χ4n) is 1.22. The van der Waals surface area contributed by atoms with Crippen molar-refractivity contribution in [2.24, 2.45) is 0 Å². The van der Waals surface area contributed by atoms with E-state index in [1.807, 2.05) is 18.2 Å². The Morgan fingerprint density at radius 1 is 1.38 bits per heavy atom. The number of rotatable bonds is 4. The van der Waals surface area contributed by atoms with Crippen molar-refractivity contribution in [3.05, 3.63) is 41.8 Å². The molecule has 1 N–H and O–H groups in total. The molecule has 2 rings (SSSR count). The summed E-state index contributed by atoms with van der Waals surface area (Å²) in [4.78, 5) is 18.3. The SMILES string of the molecule is O=C(O)c1noc(CCc2ccccn2)n1. The molecule has 6 nitrogen and oxygen atoms in total. The van der Waals surface area contributed by atoms with Crippen molar-refractivity contribution in [2.45, 2.75) is 12.8 Å². The predicted molar refractivity (Wildman–Crippen MR) is 52.9 cm³/mol. The number of aryl methyl sites for hydroxylation is 2. The maximum Gasteiger partial charge on any atom is 0.377 e. The third-order valence-electron chi connectivity index (χ3n) is 1.98. The second kappa shape index (κ2) is 4.52. The number of hydrogen-bond donors (Lipinski definition) is 1. The summed E-state index contributed by atoms with van der Waals surface area (Å²) in [7, 11) is 0. The maximum absolute atomic E-state index is 10.5. The molecule has 0 atom stereocenters. The summed E-state index contributed by atoms with van der Waals surface area (Å²) in [6, 6.07) is 5.60. The molecule has 0 saturated carbocycles. The molecule has 82 valence electrons. The van der Waals surface area contributed by atoms with Crippen LogP contribution in [0.3, 0.4) is 0 Å². The van der Waals surface area contributed by atoms with Crippen LogP contribution in [0.5, 0.6) is 0 Å². The van der Waals surface area contributed by atoms with E-state index in [1.165, 1.54) is 0 Å². The quantitative estimate of drug-likeness (QED) is 0.823. The number of hydrogen-bond acceptors (Lipinski definition) is 5. The standard InChI is InChI=1S/C10H9N3O3/c14-10(15)9-12-8(16-13-9)5-4-7-3-1-2-6-11-7/h1-3,6H,4-5H2,(H,14,15). The molecule has 0 unspecified atom stereocenters. The van der Waals surface area contributed by atoms with Gasteiger partial charge in [-0.05, 0) is 23.7 Å². The average molecular weight is 219 g/mol. The lowest BCUT2D eigenvalue weighted by Gasteiger charge is -1.95. The first-order chi connectivity index (χ1) is 7.75. The van der Waals surface area contributed by atoms with Crippen LogP contribution in [0, 0.1) is 0 Å². The smallest absolute Gasteiger partial charge is 0.377 e. The van der Waals surface area contributed by atoms with Gasteiger partial charge in [-0.15, -0.1) is 0 Å². The maximum atomic E-state index is 10.5. The molecule has 0 aliphatic heterocycles. The van der Waals surface area contributed by atoms with Gasteiger partial charge in [-0.25, -0.2) is 4.79 Å². The molecule has 16 heavy (non-hydrogen) atoms. The van der Waals surface area contributed by atoms with E-state index in [2.05, 4.69) is 15.1 Å². The normalized spacial score (nSPS) is 10.2. The fraction of sp³-hybridized carbons (Fsp3) is 0.200. The Hall–Kier alpha value is -2.24. The Bertz CT molecular complexity index is 481. The molecule has 0 spiro atoms. The zero-order valence-electron chi connectivity index (χ0n) is 8.33. The number of nitrogens with zero attached hydrogens (tertiary/aromatic N) is 3. The van der Waals surface area contributed by atoms with Crippen molar-refractivity contribution in [2.75, 3.05) is 0 Å². The number of pyridine rings is 1. The van der Waals surface area contributed by atoms with Crippen LogP contribution in [0.15, 0.2) is 28.9 Å². The van der Waals surface area contributed by atoms with Crippen LogP contribution in [0.25, 0.3) is 0 Å². The lowest BCUT2D eigenvalue weighted by atomic mass is 10.2. The molecule has 6 heteroatoms. The molecular weight excluding hydrogens is 210 g/mol. The molecule has 0 aromatic carbocycles. The lowest BCUT2D eigenvalue weighted by molar-refractivity contribution is 0.0680. The van der Waals surface area contributed by atoms with E-state index >= 15 is 0 Å². The van der Waals surface area contributed by atoms with E-state index < -0.39 is 5.97 Å². The van der Waals surface area contributed by atoms with Gasteiger partial charge in [0.25, 0.3) is 5.82 Å². The van der Waals surface area contributed by atoms with Crippen molar-refractivity contribution < 1.29 is 14.4 Å². The van der Waals surface area contributed by atoms with E-state index in [0.29, 0.717) is 18.7 Å². The van der Waals surface area contributed by atoms with Crippen LogP contribution in [0.2, 0.25) is 0 Å². The summed E-state index contributed by atoms with van der Waals surface area (Å²) in [6.45, 7) is 0. The van der Waals surface area contributed by atoms with Crippen LogP contribution in [-0.4, -0.2) is 26.2 Å². The van der Waals surface area contributed by atoms with Crippen LogP contribution < -0.4 is 0 Å². The topological polar surface area (TPSA) is 89.1 Å². The monoisotopic (exact) mass is 219 g/mol. The average Bonchev–Trinajstić information content (AvgIpc) is 2.76. The molecule has 0 saturated heterocycles. The van der Waals surface area contributed by atoms with Crippen molar-refractivity contribution in [1.82, 2.24) is 15.1 Å². The number of carboxylic acids is 1. The number of aromatic nitrogens is 3. The third-order valence-corrected chi connectivity index (χ3v) is 1.98. The number of aromatic carboxylic acids is 1. The highest BCUT2D eigenvalue weighted by Crippen LogP contribution is 2.03. The molecule has 2 aromatic heterocycles. The van der Waals surface area contributed by atoms with Crippen LogP contribution in [0.1, 0.15) is 22.2 Å². The second-order valence-corrected chi connectivity index (χ2v) is 3.14. The van der Waals surface area contributed by atoms with Crippen molar-refractivity contribution in [1.29, 1.82) is 0 Å². The lowest BCUT2D eigenvalue weighted by Crippen LogP contribution is -1.99. The second-order valence-electron chi connectivity index (χ2n) is 3.14. The zero-order valence-corrected chi connectivity index (χ0v) is 8.33. The number of carbonyl (C=O) groups is 1. The summed E-state index contributed by atoms with van der Waals surface area (Å²) in [5.41, 5.74) is 0.901. The van der Waals surface area contributed by atoms with Crippen LogP contribution in [-0.2, 0) is 12.8 Å². The zero-order chi connectivity index (χ0) is 11.4. The summed E-state index contributed by atoms with van der Waals surface area (Å²) in [5, 5.41) is 11.9. The van der Waals surface area contributed by atoms with Gasteiger partial charge in [0.1, 0.15) is 0 Å². The van der Waals surface area contributed by atoms with Gasteiger partial charge in [0.05, 0.1) is 0 Å². The summed E-state index contributed by atoms with van der Waals surface area (Å²) in [6.07, 6.45) is 2.82. The highest BCUT2D eigenvalue weighted by atomic mass is 16.5. The van der Waals surface area contributed by atoms with Crippen LogP contribution >= 0.6 is 0 Å². The first-order valence-corrected chi connectivity index (χ1v) is 4.71. The van der Waals surface area contributed by atoms with E-state index in [0.717, 1.165) is 5.69 Å². The van der Waals surface area contributed by atoms with Crippen LogP contribution in [0.4, 0.5) is 0 Å². The molecule has 0 amide bonds. The Labute approximate surface area is 90.9 Å². The Kier molecular flexibility index (Phi) is 2.90. The summed E-state index contributed by atoms with van der Waals surface area (Å²) in [5.74, 6) is -1.19. The highest BCUT2D eigenvalue weighted by molar-refractivity contribution is 5.82. The Morgan fingerprint density at radius 3 is 2.88 bits per heavy atom. The molecule has 0 aliphatic rings. The van der Waals surface area contributed by atoms with Crippen molar-refractivity contribution >= 4 is 5.97 Å². The van der Waals surface area contributed by atoms with Gasteiger partial charge in [0, 0.05) is 18.3 Å². The van der Waals surface area contributed by atoms with Crippen molar-refractivity contribution in [3.8, 4) is 0 Å². The highest BCUT2D eigenvalue weighted by Gasteiger charge is 2.12. The van der Waals surface area contributed by atoms with Gasteiger partial charge in [0.2, 0.25) is 5.89 Å². The summed E-state index contributed by atoms with van der Waals surface area (Å²) < 4.78 is 4.78. The minimum absolute atomic E-state index is 0.308. The predicted octanol–water partition coefficient (Wildman–Crippen LogP) is 0.948.